The van der Waals surface area contributed by atoms with Crippen molar-refractivity contribution in [3.63, 3.8) is 0 Å². The van der Waals surface area contributed by atoms with Crippen LogP contribution >= 0.6 is 0 Å². The van der Waals surface area contributed by atoms with Gasteiger partial charge in [-0.25, -0.2) is 9.97 Å². The first-order valence-corrected chi connectivity index (χ1v) is 6.57. The third-order valence-electron chi connectivity index (χ3n) is 3.25. The summed E-state index contributed by atoms with van der Waals surface area (Å²) in [6.45, 7) is 10.0. The minimum Gasteiger partial charge on any atom is -0.383 e. The molecule has 20 heavy (non-hydrogen) atoms. The van der Waals surface area contributed by atoms with Gasteiger partial charge in [-0.2, -0.15) is 0 Å². The molecule has 2 heterocycles. The summed E-state index contributed by atoms with van der Waals surface area (Å²) in [5.41, 5.74) is 8.36. The number of hydrogen-bond acceptors (Lipinski definition) is 4. The normalized spacial score (nSPS) is 11.8. The van der Waals surface area contributed by atoms with E-state index in [9.17, 15) is 4.79 Å². The average molecular weight is 275 g/mol. The minimum atomic E-state index is -0.253. The fraction of sp³-hybridized carbons (Fsp3) is 0.500. The van der Waals surface area contributed by atoms with E-state index in [-0.39, 0.29) is 18.0 Å². The maximum Gasteiger partial charge on any atom is 0.240 e. The van der Waals surface area contributed by atoms with E-state index in [1.165, 1.54) is 6.33 Å². The topological polar surface area (TPSA) is 85.8 Å². The van der Waals surface area contributed by atoms with Crippen molar-refractivity contribution >= 4 is 22.8 Å². The highest BCUT2D eigenvalue weighted by Crippen LogP contribution is 2.26. The van der Waals surface area contributed by atoms with Gasteiger partial charge in [0.1, 0.15) is 24.3 Å². The zero-order valence-corrected chi connectivity index (χ0v) is 12.6. The van der Waals surface area contributed by atoms with Gasteiger partial charge in [0, 0.05) is 11.2 Å². The summed E-state index contributed by atoms with van der Waals surface area (Å²) < 4.78 is 1.88. The van der Waals surface area contributed by atoms with E-state index in [4.69, 9.17) is 5.73 Å². The Bertz CT molecular complexity index is 666. The van der Waals surface area contributed by atoms with Gasteiger partial charge in [0.15, 0.2) is 0 Å². The number of nitrogens with zero attached hydrogens (tertiary/aromatic N) is 3. The predicted octanol–water partition coefficient (Wildman–Crippen LogP) is 1.55. The van der Waals surface area contributed by atoms with E-state index < -0.39 is 0 Å². The fourth-order valence-electron chi connectivity index (χ4n) is 2.29. The van der Waals surface area contributed by atoms with Gasteiger partial charge in [-0.05, 0) is 40.2 Å². The van der Waals surface area contributed by atoms with Crippen LogP contribution in [0.25, 0.3) is 11.0 Å². The number of nitrogen functional groups attached to an aromatic ring is 1. The van der Waals surface area contributed by atoms with Crippen LogP contribution in [0.5, 0.6) is 0 Å². The van der Waals surface area contributed by atoms with Gasteiger partial charge in [-0.1, -0.05) is 0 Å². The van der Waals surface area contributed by atoms with Crippen molar-refractivity contribution in [3.8, 4) is 0 Å². The Balaban J connectivity index is 2.43. The Morgan fingerprint density at radius 3 is 2.60 bits per heavy atom. The van der Waals surface area contributed by atoms with Crippen molar-refractivity contribution in [2.45, 2.75) is 46.7 Å². The number of aryl methyl sites for hydroxylation is 1. The molecule has 1 amide bonds. The Labute approximate surface area is 118 Å². The summed E-state index contributed by atoms with van der Waals surface area (Å²) in [5, 5.41) is 3.78. The Kier molecular flexibility index (Phi) is 3.41. The highest BCUT2D eigenvalue weighted by atomic mass is 16.2. The Hall–Kier alpha value is -2.11. The van der Waals surface area contributed by atoms with E-state index in [2.05, 4.69) is 15.3 Å². The van der Waals surface area contributed by atoms with Crippen LogP contribution in [-0.4, -0.2) is 26.0 Å². The molecular weight excluding hydrogens is 254 g/mol. The van der Waals surface area contributed by atoms with Crippen molar-refractivity contribution in [2.24, 2.45) is 0 Å². The quantitative estimate of drug-likeness (QED) is 0.870. The van der Waals surface area contributed by atoms with Gasteiger partial charge in [0.2, 0.25) is 5.91 Å². The maximum absolute atomic E-state index is 12.1. The lowest BCUT2D eigenvalue weighted by atomic mass is 10.1. The average Bonchev–Trinajstić information content (AvgIpc) is 2.53. The van der Waals surface area contributed by atoms with Gasteiger partial charge in [0.25, 0.3) is 0 Å². The predicted molar refractivity (Wildman–Crippen MR) is 79.3 cm³/mol. The standard InChI is InChI=1S/C14H21N5O/c1-8-9(2)19(6-10(20)18-14(3,4)5)13-11(8)12(15)16-7-17-13/h7H,6H2,1-5H3,(H,18,20)(H2,15,16,17). The second-order valence-electron chi connectivity index (χ2n) is 6.05. The Morgan fingerprint density at radius 2 is 2.00 bits per heavy atom. The molecule has 2 aromatic heterocycles. The number of amides is 1. The van der Waals surface area contributed by atoms with E-state index >= 15 is 0 Å². The van der Waals surface area contributed by atoms with Crippen molar-refractivity contribution in [2.75, 3.05) is 5.73 Å². The molecule has 0 spiro atoms. The SMILES string of the molecule is Cc1c(C)n(CC(=O)NC(C)(C)C)c2ncnc(N)c12. The summed E-state index contributed by atoms with van der Waals surface area (Å²) in [6.07, 6.45) is 1.43. The van der Waals surface area contributed by atoms with Crippen LogP contribution in [0.15, 0.2) is 6.33 Å². The molecule has 0 aromatic carbocycles. The summed E-state index contributed by atoms with van der Waals surface area (Å²) >= 11 is 0. The molecule has 0 bridgehead atoms. The van der Waals surface area contributed by atoms with Crippen LogP contribution in [0.4, 0.5) is 5.82 Å². The first kappa shape index (κ1) is 14.3. The number of rotatable bonds is 2. The van der Waals surface area contributed by atoms with Gasteiger partial charge < -0.3 is 15.6 Å². The second kappa shape index (κ2) is 4.77. The molecule has 0 unspecified atom stereocenters. The smallest absolute Gasteiger partial charge is 0.240 e. The minimum absolute atomic E-state index is 0.0466. The molecule has 6 heteroatoms. The van der Waals surface area contributed by atoms with Gasteiger partial charge in [-0.3, -0.25) is 4.79 Å². The molecule has 0 saturated carbocycles. The highest BCUT2D eigenvalue weighted by molar-refractivity contribution is 5.91. The largest absolute Gasteiger partial charge is 0.383 e. The zero-order valence-electron chi connectivity index (χ0n) is 12.6. The van der Waals surface area contributed by atoms with E-state index in [0.717, 1.165) is 16.6 Å². The zero-order chi connectivity index (χ0) is 15.1. The van der Waals surface area contributed by atoms with Crippen molar-refractivity contribution in [3.05, 3.63) is 17.6 Å². The molecule has 0 aliphatic rings. The van der Waals surface area contributed by atoms with Crippen LogP contribution in [0.2, 0.25) is 0 Å². The number of aromatic nitrogens is 3. The molecule has 0 atom stereocenters. The monoisotopic (exact) mass is 275 g/mol. The van der Waals surface area contributed by atoms with Crippen LogP contribution < -0.4 is 11.1 Å². The lowest BCUT2D eigenvalue weighted by Gasteiger charge is -2.21. The molecule has 0 aliphatic carbocycles. The summed E-state index contributed by atoms with van der Waals surface area (Å²) in [6, 6.07) is 0. The molecule has 2 rings (SSSR count). The molecule has 0 saturated heterocycles. The van der Waals surface area contributed by atoms with Gasteiger partial charge >= 0.3 is 0 Å². The van der Waals surface area contributed by atoms with E-state index in [1.54, 1.807) is 0 Å². The molecule has 3 N–H and O–H groups in total. The van der Waals surface area contributed by atoms with Crippen molar-refractivity contribution in [1.29, 1.82) is 0 Å². The van der Waals surface area contributed by atoms with Crippen molar-refractivity contribution < 1.29 is 4.79 Å². The lowest BCUT2D eigenvalue weighted by Crippen LogP contribution is -2.42. The third kappa shape index (κ3) is 2.59. The summed E-state index contributed by atoms with van der Waals surface area (Å²) in [7, 11) is 0. The molecule has 2 aromatic rings. The third-order valence-corrected chi connectivity index (χ3v) is 3.25. The van der Waals surface area contributed by atoms with E-state index in [1.807, 2.05) is 39.2 Å². The lowest BCUT2D eigenvalue weighted by molar-refractivity contribution is -0.123. The fourth-order valence-corrected chi connectivity index (χ4v) is 2.29. The molecule has 0 radical (unpaired) electrons. The number of nitrogens with two attached hydrogens (primary N) is 1. The summed E-state index contributed by atoms with van der Waals surface area (Å²) in [5.74, 6) is 0.403. The maximum atomic E-state index is 12.1. The number of hydrogen-bond donors (Lipinski definition) is 2. The number of anilines is 1. The molecule has 108 valence electrons. The number of carbonyl (C=O) groups is 1. The van der Waals surface area contributed by atoms with E-state index in [0.29, 0.717) is 11.5 Å². The highest BCUT2D eigenvalue weighted by Gasteiger charge is 2.19. The van der Waals surface area contributed by atoms with Crippen LogP contribution in [0.1, 0.15) is 32.0 Å². The Morgan fingerprint density at radius 1 is 1.35 bits per heavy atom. The van der Waals surface area contributed by atoms with Crippen LogP contribution in [0, 0.1) is 13.8 Å². The van der Waals surface area contributed by atoms with Crippen molar-refractivity contribution in [1.82, 2.24) is 19.9 Å². The van der Waals surface area contributed by atoms with Crippen LogP contribution in [0.3, 0.4) is 0 Å². The number of nitrogens with one attached hydrogen (secondary N) is 1. The number of carbonyl (C=O) groups excluding carboxylic acids is 1. The first-order chi connectivity index (χ1) is 9.20. The van der Waals surface area contributed by atoms with Crippen LogP contribution in [-0.2, 0) is 11.3 Å². The molecular formula is C14H21N5O. The summed E-state index contributed by atoms with van der Waals surface area (Å²) in [4.78, 5) is 20.4. The van der Waals surface area contributed by atoms with Gasteiger partial charge in [0.05, 0.1) is 5.39 Å². The molecule has 0 aliphatic heterocycles. The molecule has 6 nitrogen and oxygen atoms in total. The second-order valence-corrected chi connectivity index (χ2v) is 6.05. The molecule has 0 fully saturated rings. The van der Waals surface area contributed by atoms with Gasteiger partial charge in [-0.15, -0.1) is 0 Å². The number of fused-ring (bicyclic) bond motifs is 1. The first-order valence-electron chi connectivity index (χ1n) is 6.57.